The third kappa shape index (κ3) is 6.97. The van der Waals surface area contributed by atoms with Crippen molar-refractivity contribution in [3.63, 3.8) is 0 Å². The number of ether oxygens (including phenoxy) is 4. The molecule has 1 fully saturated rings. The Balaban J connectivity index is 0.000000262. The zero-order chi connectivity index (χ0) is 23.1. The van der Waals surface area contributed by atoms with Crippen molar-refractivity contribution < 1.29 is 28.3 Å². The molecule has 170 valence electrons. The Bertz CT molecular complexity index is 803. The molecule has 0 unspecified atom stereocenters. The third-order valence-electron chi connectivity index (χ3n) is 5.37. The Labute approximate surface area is 186 Å². The van der Waals surface area contributed by atoms with E-state index in [4.69, 9.17) is 28.3 Å². The van der Waals surface area contributed by atoms with Gasteiger partial charge < -0.3 is 28.3 Å². The highest BCUT2D eigenvalue weighted by atomic mass is 16.7. The van der Waals surface area contributed by atoms with Gasteiger partial charge in [-0.2, -0.15) is 0 Å². The second-order valence-corrected chi connectivity index (χ2v) is 8.54. The number of hydrogen-bond acceptors (Lipinski definition) is 6. The van der Waals surface area contributed by atoms with Crippen LogP contribution in [0.1, 0.15) is 38.8 Å². The van der Waals surface area contributed by atoms with E-state index >= 15 is 0 Å². The maximum atomic E-state index is 6.08. The molecule has 0 atom stereocenters. The van der Waals surface area contributed by atoms with E-state index in [9.17, 15) is 0 Å². The number of rotatable bonds is 7. The molecule has 7 heteroatoms. The summed E-state index contributed by atoms with van der Waals surface area (Å²) in [7, 11) is 2.78. The topological polar surface area (TPSA) is 55.4 Å². The lowest BCUT2D eigenvalue weighted by Crippen LogP contribution is -2.41. The van der Waals surface area contributed by atoms with Crippen LogP contribution in [0.2, 0.25) is 0 Å². The molecule has 1 heterocycles. The van der Waals surface area contributed by atoms with Crippen molar-refractivity contribution >= 4 is 12.6 Å². The number of methoxy groups -OCH3 is 2. The summed E-state index contributed by atoms with van der Waals surface area (Å²) in [4.78, 5) is 0. The van der Waals surface area contributed by atoms with Gasteiger partial charge in [-0.25, -0.2) is 0 Å². The molecule has 3 rings (SSSR count). The standard InChI is InChI=1S/C15H23BO4.C9H12O2/c1-11-7-8-13(18-10-17-6)12(9-11)16-19-14(2,3)15(4,5)20-16;1-8-3-5-9(6-4-8)11-7-10-2/h7-9H,10H2,1-6H3;3-6H,7H2,1-2H3. The van der Waals surface area contributed by atoms with Gasteiger partial charge >= 0.3 is 7.12 Å². The summed E-state index contributed by atoms with van der Waals surface area (Å²) in [6, 6.07) is 13.8. The van der Waals surface area contributed by atoms with Crippen LogP contribution < -0.4 is 14.9 Å². The summed E-state index contributed by atoms with van der Waals surface area (Å²) >= 11 is 0. The summed E-state index contributed by atoms with van der Waals surface area (Å²) in [5, 5.41) is 0. The molecule has 0 N–H and O–H groups in total. The molecule has 0 spiro atoms. The molecule has 0 bridgehead atoms. The minimum Gasteiger partial charge on any atom is -0.468 e. The fourth-order valence-corrected chi connectivity index (χ4v) is 2.84. The lowest BCUT2D eigenvalue weighted by Gasteiger charge is -2.32. The molecule has 6 nitrogen and oxygen atoms in total. The molecule has 0 amide bonds. The van der Waals surface area contributed by atoms with E-state index in [2.05, 4.69) is 0 Å². The Morgan fingerprint density at radius 2 is 1.26 bits per heavy atom. The van der Waals surface area contributed by atoms with Gasteiger partial charge in [0.1, 0.15) is 11.5 Å². The Kier molecular flexibility index (Phi) is 8.95. The van der Waals surface area contributed by atoms with Gasteiger partial charge in [-0.05, 0) is 59.7 Å². The largest absolute Gasteiger partial charge is 0.498 e. The van der Waals surface area contributed by atoms with E-state index in [1.807, 2.05) is 84.0 Å². The van der Waals surface area contributed by atoms with Crippen LogP contribution in [-0.2, 0) is 18.8 Å². The van der Waals surface area contributed by atoms with E-state index in [-0.39, 0.29) is 18.0 Å². The summed E-state index contributed by atoms with van der Waals surface area (Å²) < 4.78 is 32.7. The summed E-state index contributed by atoms with van der Waals surface area (Å²) in [5.41, 5.74) is 2.55. The van der Waals surface area contributed by atoms with Crippen molar-refractivity contribution in [2.24, 2.45) is 0 Å². The zero-order valence-corrected chi connectivity index (χ0v) is 20.0. The first kappa shape index (κ1) is 25.2. The first-order valence-electron chi connectivity index (χ1n) is 10.4. The average molecular weight is 430 g/mol. The smallest absolute Gasteiger partial charge is 0.468 e. The molecule has 0 aliphatic carbocycles. The van der Waals surface area contributed by atoms with Crippen molar-refractivity contribution in [2.45, 2.75) is 52.7 Å². The van der Waals surface area contributed by atoms with Gasteiger partial charge in [0.25, 0.3) is 0 Å². The van der Waals surface area contributed by atoms with Crippen molar-refractivity contribution in [1.29, 1.82) is 0 Å². The normalized spacial score (nSPS) is 16.5. The first-order valence-corrected chi connectivity index (χ1v) is 10.4. The molecule has 0 aromatic heterocycles. The third-order valence-corrected chi connectivity index (χ3v) is 5.37. The van der Waals surface area contributed by atoms with Crippen molar-refractivity contribution in [2.75, 3.05) is 27.8 Å². The van der Waals surface area contributed by atoms with E-state index in [1.54, 1.807) is 14.2 Å². The van der Waals surface area contributed by atoms with E-state index in [1.165, 1.54) is 5.56 Å². The highest BCUT2D eigenvalue weighted by Gasteiger charge is 2.52. The quantitative estimate of drug-likeness (QED) is 0.484. The SMILES string of the molecule is COCOc1ccc(C)cc1.COCOc1ccc(C)cc1B1OC(C)(C)C(C)(C)O1. The van der Waals surface area contributed by atoms with Gasteiger partial charge in [0.2, 0.25) is 0 Å². The number of benzene rings is 2. The molecule has 2 aromatic carbocycles. The molecular weight excluding hydrogens is 395 g/mol. The van der Waals surface area contributed by atoms with Crippen LogP contribution in [0, 0.1) is 13.8 Å². The van der Waals surface area contributed by atoms with Crippen molar-refractivity contribution in [3.05, 3.63) is 53.6 Å². The van der Waals surface area contributed by atoms with E-state index in [0.717, 1.165) is 22.5 Å². The van der Waals surface area contributed by atoms with Gasteiger partial charge in [-0.1, -0.05) is 35.4 Å². The number of hydrogen-bond donors (Lipinski definition) is 0. The Morgan fingerprint density at radius 3 is 1.81 bits per heavy atom. The van der Waals surface area contributed by atoms with Gasteiger partial charge in [-0.3, -0.25) is 0 Å². The molecule has 31 heavy (non-hydrogen) atoms. The summed E-state index contributed by atoms with van der Waals surface area (Å²) in [6.45, 7) is 12.8. The first-order chi connectivity index (χ1) is 14.6. The predicted molar refractivity (Wildman–Crippen MR) is 123 cm³/mol. The molecular formula is C24H35BO6. The minimum absolute atomic E-state index is 0.204. The second-order valence-electron chi connectivity index (χ2n) is 8.54. The van der Waals surface area contributed by atoms with Crippen LogP contribution in [0.3, 0.4) is 0 Å². The second kappa shape index (κ2) is 11.0. The van der Waals surface area contributed by atoms with Crippen LogP contribution in [0.25, 0.3) is 0 Å². The lowest BCUT2D eigenvalue weighted by atomic mass is 9.77. The zero-order valence-electron chi connectivity index (χ0n) is 20.0. The van der Waals surface area contributed by atoms with Gasteiger partial charge in [0.15, 0.2) is 13.6 Å². The Morgan fingerprint density at radius 1 is 0.742 bits per heavy atom. The van der Waals surface area contributed by atoms with Crippen LogP contribution in [-0.4, -0.2) is 46.1 Å². The number of aryl methyl sites for hydroxylation is 2. The van der Waals surface area contributed by atoms with E-state index in [0.29, 0.717) is 6.79 Å². The molecule has 1 aliphatic heterocycles. The predicted octanol–water partition coefficient (Wildman–Crippen LogP) is 4.25. The highest BCUT2D eigenvalue weighted by molar-refractivity contribution is 6.63. The Hall–Kier alpha value is -2.06. The van der Waals surface area contributed by atoms with Crippen LogP contribution in [0.5, 0.6) is 11.5 Å². The van der Waals surface area contributed by atoms with Crippen molar-refractivity contribution in [3.8, 4) is 11.5 Å². The fraction of sp³-hybridized carbons (Fsp3) is 0.500. The molecule has 1 saturated heterocycles. The van der Waals surface area contributed by atoms with E-state index < -0.39 is 7.12 Å². The van der Waals surface area contributed by atoms with Gasteiger partial charge in [-0.15, -0.1) is 0 Å². The average Bonchev–Trinajstić information content (AvgIpc) is 2.94. The maximum Gasteiger partial charge on any atom is 0.498 e. The van der Waals surface area contributed by atoms with Crippen LogP contribution >= 0.6 is 0 Å². The molecule has 1 aliphatic rings. The summed E-state index contributed by atoms with van der Waals surface area (Å²) in [5.74, 6) is 1.58. The molecule has 2 aromatic rings. The van der Waals surface area contributed by atoms with Crippen molar-refractivity contribution in [1.82, 2.24) is 0 Å². The maximum absolute atomic E-state index is 6.08. The highest BCUT2D eigenvalue weighted by Crippen LogP contribution is 2.37. The molecule has 0 radical (unpaired) electrons. The monoisotopic (exact) mass is 430 g/mol. The summed E-state index contributed by atoms with van der Waals surface area (Å²) in [6.07, 6.45) is 0. The molecule has 0 saturated carbocycles. The fourth-order valence-electron chi connectivity index (χ4n) is 2.84. The van der Waals surface area contributed by atoms with Gasteiger partial charge in [0, 0.05) is 19.7 Å². The lowest BCUT2D eigenvalue weighted by molar-refractivity contribution is 0.00578. The minimum atomic E-state index is -0.424. The van der Waals surface area contributed by atoms with Crippen LogP contribution in [0.15, 0.2) is 42.5 Å². The van der Waals surface area contributed by atoms with Gasteiger partial charge in [0.05, 0.1) is 11.2 Å². The van der Waals surface area contributed by atoms with Crippen LogP contribution in [0.4, 0.5) is 0 Å².